The van der Waals surface area contributed by atoms with Crippen LogP contribution in [0.5, 0.6) is 0 Å². The normalized spacial score (nSPS) is 12.1. The molecule has 0 aliphatic rings. The van der Waals surface area contributed by atoms with Crippen LogP contribution in [-0.2, 0) is 0 Å². The summed E-state index contributed by atoms with van der Waals surface area (Å²) in [5.41, 5.74) is 7.81. The summed E-state index contributed by atoms with van der Waals surface area (Å²) in [6.07, 6.45) is 0. The first-order chi connectivity index (χ1) is 31.2. The van der Waals surface area contributed by atoms with Gasteiger partial charge in [0, 0.05) is 58.4 Å². The third kappa shape index (κ3) is 5.19. The Morgan fingerprint density at radius 3 is 1.87 bits per heavy atom. The number of furan rings is 1. The molecule has 0 saturated heterocycles. The summed E-state index contributed by atoms with van der Waals surface area (Å²) >= 11 is 1.80. The van der Waals surface area contributed by atoms with Crippen molar-refractivity contribution in [1.82, 2.24) is 19.5 Å². The van der Waals surface area contributed by atoms with Crippen molar-refractivity contribution in [2.45, 2.75) is 0 Å². The molecule has 4 heterocycles. The van der Waals surface area contributed by atoms with E-state index in [-0.39, 0.29) is 0 Å². The van der Waals surface area contributed by atoms with Crippen LogP contribution in [0.1, 0.15) is 0 Å². The highest BCUT2D eigenvalue weighted by atomic mass is 32.1. The Balaban J connectivity index is 1.000. The topological polar surface area (TPSA) is 56.7 Å². The molecular formula is C57H32N4OS. The van der Waals surface area contributed by atoms with Crippen molar-refractivity contribution in [3.63, 3.8) is 0 Å². The maximum Gasteiger partial charge on any atom is 0.164 e. The van der Waals surface area contributed by atoms with Crippen LogP contribution in [0.25, 0.3) is 136 Å². The van der Waals surface area contributed by atoms with Crippen molar-refractivity contribution < 1.29 is 4.42 Å². The Morgan fingerprint density at radius 1 is 0.381 bits per heavy atom. The van der Waals surface area contributed by atoms with Crippen molar-refractivity contribution in [2.75, 3.05) is 0 Å². The summed E-state index contributed by atoms with van der Waals surface area (Å²) in [6.45, 7) is 0. The molecule has 0 unspecified atom stereocenters. The van der Waals surface area contributed by atoms with E-state index in [0.717, 1.165) is 76.9 Å². The standard InChI is InChI=1S/C57H32N4OS/c1-2-12-35-29-38(25-23-33(35)11-1)55-58-56(60-57(59-55)43-18-10-22-51-53(43)41-16-6-8-21-50(41)63-51)39-26-24-34-27-28-49-52(44(34)31-39)42-17-9-20-47(54(42)62-49)61-46-19-7-5-15-40(46)45-30-36-13-3-4-14-37(36)32-48(45)61/h1-32H. The quantitative estimate of drug-likeness (QED) is 0.177. The molecular weight excluding hydrogens is 789 g/mol. The minimum atomic E-state index is 0.615. The number of thiophene rings is 1. The first kappa shape index (κ1) is 34.5. The van der Waals surface area contributed by atoms with Crippen molar-refractivity contribution in [3.8, 4) is 39.9 Å². The second-order valence-corrected chi connectivity index (χ2v) is 17.4. The lowest BCUT2D eigenvalue weighted by Gasteiger charge is -2.11. The maximum atomic E-state index is 6.94. The molecule has 6 heteroatoms. The summed E-state index contributed by atoms with van der Waals surface area (Å²) in [7, 11) is 0. The molecule has 0 aliphatic carbocycles. The molecule has 0 radical (unpaired) electrons. The zero-order chi connectivity index (χ0) is 41.2. The SMILES string of the molecule is c1ccc2cc(-c3nc(-c4ccc5ccc6oc7c(-n8c9ccccc9c9cc%10ccccc%10cc98)cccc7c6c5c4)nc(-c4cccc5sc6ccccc6c45)n3)ccc2c1. The van der Waals surface area contributed by atoms with Gasteiger partial charge in [-0.15, -0.1) is 11.3 Å². The molecule has 14 rings (SSSR count). The van der Waals surface area contributed by atoms with Crippen LogP contribution in [0.4, 0.5) is 0 Å². The molecule has 63 heavy (non-hydrogen) atoms. The van der Waals surface area contributed by atoms with E-state index in [0.29, 0.717) is 17.5 Å². The predicted octanol–water partition coefficient (Wildman–Crippen LogP) is 15.7. The van der Waals surface area contributed by atoms with Gasteiger partial charge >= 0.3 is 0 Å². The Labute approximate surface area is 363 Å². The summed E-state index contributed by atoms with van der Waals surface area (Å²) in [4.78, 5) is 15.8. The van der Waals surface area contributed by atoms with E-state index >= 15 is 0 Å². The van der Waals surface area contributed by atoms with Crippen molar-refractivity contribution in [3.05, 3.63) is 194 Å². The predicted molar refractivity (Wildman–Crippen MR) is 263 cm³/mol. The molecule has 4 aromatic heterocycles. The molecule has 0 amide bonds. The van der Waals surface area contributed by atoms with Crippen LogP contribution in [0, 0.1) is 0 Å². The molecule has 0 bridgehead atoms. The molecule has 0 saturated carbocycles. The largest absolute Gasteiger partial charge is 0.454 e. The highest BCUT2D eigenvalue weighted by molar-refractivity contribution is 7.25. The third-order valence-corrected chi connectivity index (χ3v) is 13.9. The van der Waals surface area contributed by atoms with Crippen LogP contribution in [0.2, 0.25) is 0 Å². The highest BCUT2D eigenvalue weighted by Crippen LogP contribution is 2.43. The van der Waals surface area contributed by atoms with Gasteiger partial charge in [-0.2, -0.15) is 0 Å². The first-order valence-electron chi connectivity index (χ1n) is 21.2. The van der Waals surface area contributed by atoms with E-state index in [9.17, 15) is 0 Å². The fraction of sp³-hybridized carbons (Fsp3) is 0. The Hall–Kier alpha value is -8.19. The smallest absolute Gasteiger partial charge is 0.164 e. The van der Waals surface area contributed by atoms with Crippen LogP contribution >= 0.6 is 11.3 Å². The van der Waals surface area contributed by atoms with E-state index in [1.165, 1.54) is 41.7 Å². The first-order valence-corrected chi connectivity index (χ1v) is 22.0. The average molecular weight is 821 g/mol. The fourth-order valence-electron chi connectivity index (χ4n) is 9.88. The number of rotatable bonds is 4. The molecule has 10 aromatic carbocycles. The minimum absolute atomic E-state index is 0.615. The zero-order valence-corrected chi connectivity index (χ0v) is 34.4. The summed E-state index contributed by atoms with van der Waals surface area (Å²) in [5.74, 6) is 1.89. The second-order valence-electron chi connectivity index (χ2n) is 16.3. The highest BCUT2D eigenvalue weighted by Gasteiger charge is 2.21. The molecule has 14 aromatic rings. The number of nitrogens with zero attached hydrogens (tertiary/aromatic N) is 4. The molecule has 0 fully saturated rings. The van der Waals surface area contributed by atoms with Crippen LogP contribution in [-0.4, -0.2) is 19.5 Å². The monoisotopic (exact) mass is 820 g/mol. The van der Waals surface area contributed by atoms with Gasteiger partial charge in [-0.05, 0) is 86.9 Å². The van der Waals surface area contributed by atoms with Gasteiger partial charge < -0.3 is 8.98 Å². The average Bonchev–Trinajstić information content (AvgIpc) is 4.02. The maximum absolute atomic E-state index is 6.94. The van der Waals surface area contributed by atoms with Gasteiger partial charge in [0.2, 0.25) is 0 Å². The second kappa shape index (κ2) is 13.2. The van der Waals surface area contributed by atoms with Gasteiger partial charge in [0.05, 0.1) is 16.7 Å². The lowest BCUT2D eigenvalue weighted by atomic mass is 10.0. The van der Waals surface area contributed by atoms with E-state index in [4.69, 9.17) is 19.4 Å². The van der Waals surface area contributed by atoms with E-state index in [1.54, 1.807) is 11.3 Å². The number of hydrogen-bond donors (Lipinski definition) is 0. The van der Waals surface area contributed by atoms with Crippen LogP contribution in [0.3, 0.4) is 0 Å². The third-order valence-electron chi connectivity index (χ3n) is 12.8. The van der Waals surface area contributed by atoms with Gasteiger partial charge in [0.25, 0.3) is 0 Å². The molecule has 0 atom stereocenters. The molecule has 0 aliphatic heterocycles. The van der Waals surface area contributed by atoms with Crippen LogP contribution < -0.4 is 0 Å². The number of hydrogen-bond acceptors (Lipinski definition) is 5. The number of para-hydroxylation sites is 2. The van der Waals surface area contributed by atoms with Gasteiger partial charge in [-0.3, -0.25) is 0 Å². The molecule has 292 valence electrons. The van der Waals surface area contributed by atoms with Crippen molar-refractivity contribution in [1.29, 1.82) is 0 Å². The summed E-state index contributed by atoms with van der Waals surface area (Å²) in [5, 5.41) is 13.9. The number of benzene rings is 10. The summed E-state index contributed by atoms with van der Waals surface area (Å²) < 4.78 is 11.8. The van der Waals surface area contributed by atoms with Gasteiger partial charge in [-0.1, -0.05) is 140 Å². The summed E-state index contributed by atoms with van der Waals surface area (Å²) in [6, 6.07) is 69.1. The van der Waals surface area contributed by atoms with E-state index < -0.39 is 0 Å². The molecule has 5 nitrogen and oxygen atoms in total. The minimum Gasteiger partial charge on any atom is -0.454 e. The van der Waals surface area contributed by atoms with Crippen molar-refractivity contribution >= 4 is 108 Å². The lowest BCUT2D eigenvalue weighted by Crippen LogP contribution is -2.00. The molecule has 0 spiro atoms. The Kier molecular flexibility index (Phi) is 7.21. The lowest BCUT2D eigenvalue weighted by molar-refractivity contribution is 0.666. The number of aromatic nitrogens is 4. The zero-order valence-electron chi connectivity index (χ0n) is 33.6. The Bertz CT molecular complexity index is 4230. The number of fused-ring (bicyclic) bond motifs is 13. The van der Waals surface area contributed by atoms with Gasteiger partial charge in [0.15, 0.2) is 23.1 Å². The fourth-order valence-corrected chi connectivity index (χ4v) is 11.0. The van der Waals surface area contributed by atoms with Gasteiger partial charge in [-0.25, -0.2) is 15.0 Å². The van der Waals surface area contributed by atoms with Crippen LogP contribution in [0.15, 0.2) is 199 Å². The Morgan fingerprint density at radius 2 is 1.02 bits per heavy atom. The molecule has 0 N–H and O–H groups in total. The van der Waals surface area contributed by atoms with E-state index in [1.807, 2.05) is 0 Å². The van der Waals surface area contributed by atoms with Crippen molar-refractivity contribution in [2.24, 2.45) is 0 Å². The van der Waals surface area contributed by atoms with E-state index in [2.05, 4.69) is 199 Å². The van der Waals surface area contributed by atoms with Gasteiger partial charge in [0.1, 0.15) is 5.58 Å².